The van der Waals surface area contributed by atoms with Gasteiger partial charge in [0.15, 0.2) is 0 Å². The molecule has 13 rings (SSSR count). The average Bonchev–Trinajstić information content (AvgIpc) is 4.01. The van der Waals surface area contributed by atoms with Crippen molar-refractivity contribution >= 4 is 96.9 Å². The lowest BCUT2D eigenvalue weighted by Crippen LogP contribution is -1.96. The zero-order valence-electron chi connectivity index (χ0n) is 35.0. The molecule has 3 nitrogen and oxygen atoms in total. The molecule has 0 saturated carbocycles. The molecule has 0 bridgehead atoms. The largest absolute Gasteiger partial charge is 0.309 e. The molecule has 0 N–H and O–H groups in total. The molecule has 0 aliphatic rings. The molecule has 9 aromatic carbocycles. The second kappa shape index (κ2) is 13.1. The van der Waals surface area contributed by atoms with Gasteiger partial charge in [-0.15, -0.1) is 11.3 Å². The second-order valence-electron chi connectivity index (χ2n) is 17.4. The van der Waals surface area contributed by atoms with Crippen LogP contribution in [0.15, 0.2) is 176 Å². The summed E-state index contributed by atoms with van der Waals surface area (Å²) in [6, 6.07) is 66.4. The van der Waals surface area contributed by atoms with Crippen LogP contribution < -0.4 is 0 Å². The molecule has 4 heteroatoms. The lowest BCUT2D eigenvalue weighted by molar-refractivity contribution is 1.16. The number of benzene rings is 9. The summed E-state index contributed by atoms with van der Waals surface area (Å²) >= 11 is 1.87. The van der Waals surface area contributed by atoms with E-state index in [2.05, 4.69) is 217 Å². The summed E-state index contributed by atoms with van der Waals surface area (Å²) in [5.41, 5.74) is 18.3. The van der Waals surface area contributed by atoms with Gasteiger partial charge in [-0.1, -0.05) is 82.9 Å². The Kier molecular flexibility index (Phi) is 7.44. The zero-order chi connectivity index (χ0) is 41.4. The Bertz CT molecular complexity index is 3720. The Morgan fingerprint density at radius 2 is 0.613 bits per heavy atom. The highest BCUT2D eigenvalue weighted by atomic mass is 32.1. The molecule has 0 unspecified atom stereocenters. The van der Waals surface area contributed by atoms with Gasteiger partial charge in [0.2, 0.25) is 0 Å². The van der Waals surface area contributed by atoms with Gasteiger partial charge >= 0.3 is 0 Å². The van der Waals surface area contributed by atoms with E-state index >= 15 is 0 Å². The molecule has 4 heterocycles. The van der Waals surface area contributed by atoms with Crippen molar-refractivity contribution in [3.63, 3.8) is 0 Å². The van der Waals surface area contributed by atoms with Crippen LogP contribution in [-0.2, 0) is 0 Å². The summed E-state index contributed by atoms with van der Waals surface area (Å²) in [5.74, 6) is 0. The lowest BCUT2D eigenvalue weighted by atomic mass is 10.0. The maximum atomic E-state index is 2.49. The quantitative estimate of drug-likeness (QED) is 0.168. The van der Waals surface area contributed by atoms with Crippen LogP contribution in [0.3, 0.4) is 0 Å². The van der Waals surface area contributed by atoms with E-state index in [4.69, 9.17) is 0 Å². The van der Waals surface area contributed by atoms with Crippen molar-refractivity contribution in [3.8, 4) is 28.2 Å². The number of nitrogens with zero attached hydrogens (tertiary/aromatic N) is 3. The molecule has 62 heavy (non-hydrogen) atoms. The fourth-order valence-electron chi connectivity index (χ4n) is 10.3. The molecular formula is C58H41N3S. The van der Waals surface area contributed by atoms with Crippen molar-refractivity contribution in [1.82, 2.24) is 13.7 Å². The van der Waals surface area contributed by atoms with Crippen molar-refractivity contribution in [2.24, 2.45) is 0 Å². The first-order valence-corrected chi connectivity index (χ1v) is 22.3. The number of rotatable bonds is 4. The van der Waals surface area contributed by atoms with E-state index in [1.54, 1.807) is 0 Å². The molecule has 0 radical (unpaired) electrons. The minimum absolute atomic E-state index is 1.16. The molecule has 0 fully saturated rings. The zero-order valence-corrected chi connectivity index (χ0v) is 35.8. The van der Waals surface area contributed by atoms with Gasteiger partial charge < -0.3 is 13.7 Å². The van der Waals surface area contributed by atoms with Gasteiger partial charge in [0.1, 0.15) is 0 Å². The first kappa shape index (κ1) is 35.4. The van der Waals surface area contributed by atoms with Crippen LogP contribution in [0.1, 0.15) is 22.3 Å². The van der Waals surface area contributed by atoms with Crippen LogP contribution >= 0.6 is 11.3 Å². The highest BCUT2D eigenvalue weighted by Gasteiger charge is 2.20. The number of hydrogen-bond acceptors (Lipinski definition) is 1. The van der Waals surface area contributed by atoms with Crippen molar-refractivity contribution < 1.29 is 0 Å². The number of thiophene rings is 1. The molecule has 13 aromatic rings. The predicted molar refractivity (Wildman–Crippen MR) is 267 cm³/mol. The van der Waals surface area contributed by atoms with E-state index < -0.39 is 0 Å². The molecule has 4 aromatic heterocycles. The van der Waals surface area contributed by atoms with Gasteiger partial charge in [-0.25, -0.2) is 0 Å². The van der Waals surface area contributed by atoms with Crippen LogP contribution in [-0.4, -0.2) is 13.7 Å². The molecule has 0 atom stereocenters. The summed E-state index contributed by atoms with van der Waals surface area (Å²) in [5, 5.41) is 10.2. The monoisotopic (exact) mass is 811 g/mol. The fraction of sp³-hybridized carbons (Fsp3) is 0.0690. The van der Waals surface area contributed by atoms with Crippen LogP contribution in [0.4, 0.5) is 0 Å². The second-order valence-corrected chi connectivity index (χ2v) is 18.4. The molecule has 0 aliphatic carbocycles. The molecule has 0 spiro atoms. The number of aromatic nitrogens is 3. The topological polar surface area (TPSA) is 14.8 Å². The summed E-state index contributed by atoms with van der Waals surface area (Å²) < 4.78 is 10.0. The van der Waals surface area contributed by atoms with Crippen LogP contribution in [0.2, 0.25) is 0 Å². The Hall–Kier alpha value is -7.40. The van der Waals surface area contributed by atoms with E-state index in [1.807, 2.05) is 11.3 Å². The summed E-state index contributed by atoms with van der Waals surface area (Å²) in [7, 11) is 0. The molecule has 0 saturated heterocycles. The highest BCUT2D eigenvalue weighted by Crippen LogP contribution is 2.42. The molecular weight excluding hydrogens is 771 g/mol. The minimum atomic E-state index is 1.16. The molecule has 294 valence electrons. The van der Waals surface area contributed by atoms with E-state index in [-0.39, 0.29) is 0 Å². The SMILES string of the molecule is Cc1ccc2c(c1)c1cc(C)ccc1n2-c1ccc2c(c1)c1cc(-n3c4ccc(C)cc4c4cc(C)ccc43)ccc1n2-c1ccc2sc3ccc(-c4ccccc4)cc3c2c1. The third-order valence-corrected chi connectivity index (χ3v) is 14.4. The van der Waals surface area contributed by atoms with Crippen LogP contribution in [0, 0.1) is 27.7 Å². The fourth-order valence-corrected chi connectivity index (χ4v) is 11.4. The Morgan fingerprint density at radius 3 is 1.05 bits per heavy atom. The number of fused-ring (bicyclic) bond motifs is 12. The maximum Gasteiger partial charge on any atom is 0.0542 e. The van der Waals surface area contributed by atoms with E-state index in [1.165, 1.54) is 119 Å². The van der Waals surface area contributed by atoms with Gasteiger partial charge in [-0.3, -0.25) is 0 Å². The summed E-state index contributed by atoms with van der Waals surface area (Å²) in [6.45, 7) is 8.76. The van der Waals surface area contributed by atoms with E-state index in [0.29, 0.717) is 0 Å². The Morgan fingerprint density at radius 1 is 0.274 bits per heavy atom. The van der Waals surface area contributed by atoms with Crippen molar-refractivity contribution in [2.75, 3.05) is 0 Å². The Balaban J connectivity index is 1.09. The van der Waals surface area contributed by atoms with Gasteiger partial charge in [-0.05, 0) is 154 Å². The third-order valence-electron chi connectivity index (χ3n) is 13.2. The maximum absolute atomic E-state index is 2.49. The van der Waals surface area contributed by atoms with Crippen molar-refractivity contribution in [1.29, 1.82) is 0 Å². The Labute approximate surface area is 362 Å². The number of aryl methyl sites for hydroxylation is 4. The van der Waals surface area contributed by atoms with Crippen LogP contribution in [0.25, 0.3) is 114 Å². The normalized spacial score (nSPS) is 12.2. The third kappa shape index (κ3) is 5.17. The predicted octanol–water partition coefficient (Wildman–Crippen LogP) is 16.2. The van der Waals surface area contributed by atoms with Crippen molar-refractivity contribution in [3.05, 3.63) is 198 Å². The minimum Gasteiger partial charge on any atom is -0.309 e. The summed E-state index contributed by atoms with van der Waals surface area (Å²) in [6.07, 6.45) is 0. The average molecular weight is 812 g/mol. The molecule has 0 amide bonds. The first-order chi connectivity index (χ1) is 30.3. The molecule has 0 aliphatic heterocycles. The highest BCUT2D eigenvalue weighted by molar-refractivity contribution is 7.25. The van der Waals surface area contributed by atoms with Gasteiger partial charge in [0, 0.05) is 69.6 Å². The van der Waals surface area contributed by atoms with E-state index in [9.17, 15) is 0 Å². The van der Waals surface area contributed by atoms with Gasteiger partial charge in [0.05, 0.1) is 33.1 Å². The van der Waals surface area contributed by atoms with Crippen LogP contribution in [0.5, 0.6) is 0 Å². The van der Waals surface area contributed by atoms with Crippen molar-refractivity contribution in [2.45, 2.75) is 27.7 Å². The van der Waals surface area contributed by atoms with Gasteiger partial charge in [0.25, 0.3) is 0 Å². The van der Waals surface area contributed by atoms with E-state index in [0.717, 1.165) is 17.1 Å². The standard InChI is InChI=1S/C58H41N3S/c1-34-10-18-51-43(26-34)44-27-35(2)11-19-52(44)59(51)40-15-22-55-47(31-40)48-32-41(60-53-20-12-36(3)28-45(53)46-29-37(4)13-21-54(46)60)16-23-56(48)61(55)42-17-25-58-50(33-42)49-30-39(14-24-57(49)62-58)38-8-6-5-7-9-38/h5-33H,1-4H3. The smallest absolute Gasteiger partial charge is 0.0542 e. The lowest BCUT2D eigenvalue weighted by Gasteiger charge is -2.11. The number of hydrogen-bond donors (Lipinski definition) is 0. The first-order valence-electron chi connectivity index (χ1n) is 21.5. The van der Waals surface area contributed by atoms with Gasteiger partial charge in [-0.2, -0.15) is 0 Å². The summed E-state index contributed by atoms with van der Waals surface area (Å²) in [4.78, 5) is 0.